The number of aromatic nitrogens is 1. The number of carbonyl (C=O) groups is 1. The van der Waals surface area contributed by atoms with E-state index in [0.717, 1.165) is 37.2 Å². The van der Waals surface area contributed by atoms with Crippen molar-refractivity contribution in [2.75, 3.05) is 20.2 Å². The summed E-state index contributed by atoms with van der Waals surface area (Å²) in [4.78, 5) is 18.6. The minimum absolute atomic E-state index is 0.0800. The summed E-state index contributed by atoms with van der Waals surface area (Å²) in [6, 6.07) is 12.2. The molecule has 1 saturated heterocycles. The molecule has 7 heteroatoms. The van der Waals surface area contributed by atoms with Crippen molar-refractivity contribution in [1.82, 2.24) is 9.88 Å². The van der Waals surface area contributed by atoms with E-state index in [1.165, 1.54) is 17.4 Å². The largest absolute Gasteiger partial charge is 0.497 e. The van der Waals surface area contributed by atoms with Crippen LogP contribution in [0.2, 0.25) is 0 Å². The molecule has 1 aromatic heterocycles. The van der Waals surface area contributed by atoms with Crippen LogP contribution >= 0.6 is 11.3 Å². The normalized spacial score (nSPS) is 13.5. The van der Waals surface area contributed by atoms with Gasteiger partial charge in [0.15, 0.2) is 0 Å². The first-order valence-corrected chi connectivity index (χ1v) is 10.3. The van der Waals surface area contributed by atoms with Gasteiger partial charge in [-0.05, 0) is 42.7 Å². The number of ether oxygens (including phenoxy) is 2. The molecule has 0 bridgehead atoms. The molecule has 2 aromatic carbocycles. The van der Waals surface area contributed by atoms with Crippen LogP contribution in [0.3, 0.4) is 0 Å². The second kappa shape index (κ2) is 8.61. The van der Waals surface area contributed by atoms with Gasteiger partial charge in [-0.25, -0.2) is 9.37 Å². The quantitative estimate of drug-likeness (QED) is 0.585. The molecule has 0 atom stereocenters. The second-order valence-corrected chi connectivity index (χ2v) is 7.68. The zero-order chi connectivity index (χ0) is 20.2. The zero-order valence-electron chi connectivity index (χ0n) is 16.1. The third kappa shape index (κ3) is 4.40. The van der Waals surface area contributed by atoms with Crippen LogP contribution in [-0.2, 0) is 6.61 Å². The lowest BCUT2D eigenvalue weighted by Gasteiger charge is -2.12. The zero-order valence-corrected chi connectivity index (χ0v) is 16.9. The molecule has 1 aliphatic rings. The fourth-order valence-corrected chi connectivity index (χ4v) is 4.09. The van der Waals surface area contributed by atoms with Crippen molar-refractivity contribution >= 4 is 17.2 Å². The van der Waals surface area contributed by atoms with Crippen molar-refractivity contribution in [3.8, 4) is 22.1 Å². The van der Waals surface area contributed by atoms with Gasteiger partial charge < -0.3 is 14.4 Å². The molecule has 150 valence electrons. The van der Waals surface area contributed by atoms with Gasteiger partial charge in [0.2, 0.25) is 0 Å². The Balaban J connectivity index is 1.45. The molecule has 4 rings (SSSR count). The predicted molar refractivity (Wildman–Crippen MR) is 110 cm³/mol. The first kappa shape index (κ1) is 19.4. The highest BCUT2D eigenvalue weighted by molar-refractivity contribution is 7.13. The summed E-state index contributed by atoms with van der Waals surface area (Å²) in [5.74, 6) is 0.668. The number of halogens is 1. The summed E-state index contributed by atoms with van der Waals surface area (Å²) < 4.78 is 25.6. The van der Waals surface area contributed by atoms with Gasteiger partial charge in [0.25, 0.3) is 5.91 Å². The van der Waals surface area contributed by atoms with Crippen LogP contribution in [0, 0.1) is 5.82 Å². The summed E-state index contributed by atoms with van der Waals surface area (Å²) in [5, 5.41) is 2.19. The predicted octanol–water partition coefficient (Wildman–Crippen LogP) is 4.77. The smallest absolute Gasteiger partial charge is 0.273 e. The maximum atomic E-state index is 14.7. The number of rotatable bonds is 6. The molecule has 29 heavy (non-hydrogen) atoms. The van der Waals surface area contributed by atoms with Gasteiger partial charge >= 0.3 is 0 Å². The minimum Gasteiger partial charge on any atom is -0.497 e. The number of methoxy groups -OCH3 is 1. The second-order valence-electron chi connectivity index (χ2n) is 6.82. The molecule has 0 radical (unpaired) electrons. The van der Waals surface area contributed by atoms with E-state index in [1.807, 2.05) is 24.3 Å². The van der Waals surface area contributed by atoms with Crippen molar-refractivity contribution in [3.63, 3.8) is 0 Å². The van der Waals surface area contributed by atoms with Crippen LogP contribution in [0.15, 0.2) is 47.8 Å². The number of hydrogen-bond donors (Lipinski definition) is 0. The number of carbonyl (C=O) groups excluding carboxylic acids is 1. The minimum atomic E-state index is -0.428. The Kier molecular flexibility index (Phi) is 5.76. The molecular weight excluding hydrogens is 391 g/mol. The molecule has 3 aromatic rings. The Morgan fingerprint density at radius 1 is 1.17 bits per heavy atom. The lowest BCUT2D eigenvalue weighted by atomic mass is 10.2. The summed E-state index contributed by atoms with van der Waals surface area (Å²) in [6.07, 6.45) is 2.04. The highest BCUT2D eigenvalue weighted by Gasteiger charge is 2.22. The Morgan fingerprint density at radius 2 is 2.00 bits per heavy atom. The van der Waals surface area contributed by atoms with Crippen molar-refractivity contribution in [2.45, 2.75) is 19.4 Å². The molecule has 0 saturated carbocycles. The van der Waals surface area contributed by atoms with Crippen molar-refractivity contribution in [1.29, 1.82) is 0 Å². The van der Waals surface area contributed by atoms with E-state index in [9.17, 15) is 9.18 Å². The number of likely N-dealkylation sites (tertiary alicyclic amines) is 1. The third-order valence-corrected chi connectivity index (χ3v) is 5.70. The van der Waals surface area contributed by atoms with Crippen molar-refractivity contribution in [3.05, 3.63) is 64.9 Å². The molecule has 2 heterocycles. The lowest BCUT2D eigenvalue weighted by Crippen LogP contribution is -2.27. The van der Waals surface area contributed by atoms with Crippen LogP contribution in [0.5, 0.6) is 11.5 Å². The van der Waals surface area contributed by atoms with Crippen LogP contribution in [-0.4, -0.2) is 36.0 Å². The summed E-state index contributed by atoms with van der Waals surface area (Å²) in [5.41, 5.74) is 1.67. The number of thiazole rings is 1. The molecule has 1 aliphatic heterocycles. The van der Waals surface area contributed by atoms with Gasteiger partial charge in [0.1, 0.15) is 34.6 Å². The highest BCUT2D eigenvalue weighted by Crippen LogP contribution is 2.30. The SMILES string of the molecule is COc1cccc(COc2ccc(-c3nc(C(=O)N4CCCC4)cs3)c(F)c2)c1. The van der Waals surface area contributed by atoms with Gasteiger partial charge in [-0.1, -0.05) is 12.1 Å². The van der Waals surface area contributed by atoms with E-state index in [1.54, 1.807) is 29.5 Å². The van der Waals surface area contributed by atoms with E-state index in [0.29, 0.717) is 28.6 Å². The molecule has 1 fully saturated rings. The van der Waals surface area contributed by atoms with Gasteiger partial charge in [0, 0.05) is 30.1 Å². The highest BCUT2D eigenvalue weighted by atomic mass is 32.1. The van der Waals surface area contributed by atoms with E-state index in [4.69, 9.17) is 9.47 Å². The molecule has 0 spiro atoms. The average Bonchev–Trinajstić information content (AvgIpc) is 3.44. The first-order valence-electron chi connectivity index (χ1n) is 9.44. The Labute approximate surface area is 172 Å². The van der Waals surface area contributed by atoms with Gasteiger partial charge in [-0.3, -0.25) is 4.79 Å². The molecule has 0 unspecified atom stereocenters. The van der Waals surface area contributed by atoms with Crippen molar-refractivity contribution < 1.29 is 18.7 Å². The van der Waals surface area contributed by atoms with Crippen LogP contribution < -0.4 is 9.47 Å². The standard InChI is InChI=1S/C22H21FN2O3S/c1-27-16-6-4-5-15(11-16)13-28-17-7-8-18(19(23)12-17)21-24-20(14-29-21)22(26)25-9-2-3-10-25/h4-8,11-12,14H,2-3,9-10,13H2,1H3. The summed E-state index contributed by atoms with van der Waals surface area (Å²) >= 11 is 1.27. The van der Waals surface area contributed by atoms with Gasteiger partial charge in [-0.2, -0.15) is 0 Å². The number of nitrogens with zero attached hydrogens (tertiary/aromatic N) is 2. The number of benzene rings is 2. The fraction of sp³-hybridized carbons (Fsp3) is 0.273. The fourth-order valence-electron chi connectivity index (χ4n) is 3.27. The topological polar surface area (TPSA) is 51.7 Å². The maximum absolute atomic E-state index is 14.7. The Bertz CT molecular complexity index is 1010. The van der Waals surface area contributed by atoms with Crippen LogP contribution in [0.1, 0.15) is 28.9 Å². The van der Waals surface area contributed by atoms with E-state index in [2.05, 4.69) is 4.98 Å². The van der Waals surface area contributed by atoms with E-state index < -0.39 is 5.82 Å². The van der Waals surface area contributed by atoms with Gasteiger partial charge in [0.05, 0.1) is 7.11 Å². The van der Waals surface area contributed by atoms with E-state index >= 15 is 0 Å². The molecule has 0 N–H and O–H groups in total. The Hall–Kier alpha value is -2.93. The number of hydrogen-bond acceptors (Lipinski definition) is 5. The van der Waals surface area contributed by atoms with Crippen molar-refractivity contribution in [2.24, 2.45) is 0 Å². The third-order valence-electron chi connectivity index (χ3n) is 4.83. The molecule has 0 aliphatic carbocycles. The van der Waals surface area contributed by atoms with Crippen LogP contribution in [0.4, 0.5) is 4.39 Å². The molecule has 5 nitrogen and oxygen atoms in total. The number of amides is 1. The monoisotopic (exact) mass is 412 g/mol. The lowest BCUT2D eigenvalue weighted by molar-refractivity contribution is 0.0788. The van der Waals surface area contributed by atoms with Crippen LogP contribution in [0.25, 0.3) is 10.6 Å². The Morgan fingerprint density at radius 3 is 2.76 bits per heavy atom. The maximum Gasteiger partial charge on any atom is 0.273 e. The first-order chi connectivity index (χ1) is 14.1. The molecular formula is C22H21FN2O3S. The molecule has 1 amide bonds. The summed E-state index contributed by atoms with van der Waals surface area (Å²) in [7, 11) is 1.61. The van der Waals surface area contributed by atoms with E-state index in [-0.39, 0.29) is 5.91 Å². The van der Waals surface area contributed by atoms with Gasteiger partial charge in [-0.15, -0.1) is 11.3 Å². The summed E-state index contributed by atoms with van der Waals surface area (Å²) in [6.45, 7) is 1.83. The average molecular weight is 412 g/mol.